The number of rotatable bonds is 5. The molecule has 0 atom stereocenters. The lowest BCUT2D eigenvalue weighted by Crippen LogP contribution is -2.10. The summed E-state index contributed by atoms with van der Waals surface area (Å²) in [6.45, 7) is 0. The van der Waals surface area contributed by atoms with E-state index in [4.69, 9.17) is 4.42 Å². The second kappa shape index (κ2) is 7.36. The van der Waals surface area contributed by atoms with Gasteiger partial charge in [0.05, 0.1) is 16.8 Å². The summed E-state index contributed by atoms with van der Waals surface area (Å²) in [5, 5.41) is 20.4. The molecule has 0 spiro atoms. The Balaban J connectivity index is 1.42. The molecule has 0 aliphatic heterocycles. The number of nitrogens with one attached hydrogen (secondary N) is 1. The Hall–Kier alpha value is -3.72. The topological polar surface area (TPSA) is 102 Å². The molecule has 2 aromatic carbocycles. The van der Waals surface area contributed by atoms with Gasteiger partial charge < -0.3 is 4.42 Å². The Bertz CT molecular complexity index is 1330. The van der Waals surface area contributed by atoms with Crippen LogP contribution in [0.5, 0.6) is 0 Å². The number of hydrogen-bond acceptors (Lipinski definition) is 7. The molecule has 0 radical (unpaired) electrons. The highest BCUT2D eigenvalue weighted by atomic mass is 32.2. The smallest absolute Gasteiger partial charge is 0.292 e. The largest absolute Gasteiger partial charge is 0.411 e. The molecule has 29 heavy (non-hydrogen) atoms. The van der Waals surface area contributed by atoms with E-state index >= 15 is 0 Å². The van der Waals surface area contributed by atoms with Crippen LogP contribution in [0.3, 0.4) is 0 Å². The van der Waals surface area contributed by atoms with E-state index in [1.807, 2.05) is 66.9 Å². The monoisotopic (exact) mass is 402 g/mol. The molecule has 1 N–H and O–H groups in total. The van der Waals surface area contributed by atoms with E-state index in [1.54, 1.807) is 4.68 Å². The van der Waals surface area contributed by atoms with Gasteiger partial charge in [-0.2, -0.15) is 10.2 Å². The van der Waals surface area contributed by atoms with Crippen molar-refractivity contribution in [2.45, 2.75) is 11.0 Å². The molecule has 0 aliphatic carbocycles. The highest BCUT2D eigenvalue weighted by Gasteiger charge is 2.15. The number of hydrogen-bond donors (Lipinski definition) is 1. The van der Waals surface area contributed by atoms with Gasteiger partial charge in [0.1, 0.15) is 0 Å². The fourth-order valence-corrected chi connectivity index (χ4v) is 3.62. The van der Waals surface area contributed by atoms with Crippen LogP contribution >= 0.6 is 11.8 Å². The first-order valence-corrected chi connectivity index (χ1v) is 9.80. The number of H-pyrrole nitrogens is 1. The van der Waals surface area contributed by atoms with Gasteiger partial charge in [0.2, 0.25) is 5.89 Å². The van der Waals surface area contributed by atoms with Gasteiger partial charge in [0.25, 0.3) is 10.8 Å². The van der Waals surface area contributed by atoms with Crippen LogP contribution in [-0.2, 0) is 5.75 Å². The molecule has 5 rings (SSSR count). The predicted octanol–water partition coefficient (Wildman–Crippen LogP) is 3.45. The quantitative estimate of drug-likeness (QED) is 0.449. The van der Waals surface area contributed by atoms with Crippen LogP contribution in [0, 0.1) is 0 Å². The Labute approximate surface area is 168 Å². The molecule has 0 aliphatic rings. The number of para-hydroxylation sites is 1. The summed E-state index contributed by atoms with van der Waals surface area (Å²) in [6, 6.07) is 19.2. The summed E-state index contributed by atoms with van der Waals surface area (Å²) in [7, 11) is 0. The average molecular weight is 402 g/mol. The summed E-state index contributed by atoms with van der Waals surface area (Å²) in [6.07, 6.45) is 1.81. The molecule has 142 valence electrons. The van der Waals surface area contributed by atoms with Gasteiger partial charge in [-0.15, -0.1) is 10.2 Å². The lowest BCUT2D eigenvalue weighted by molar-refractivity contribution is 0.466. The maximum Gasteiger partial charge on any atom is 0.292 e. The summed E-state index contributed by atoms with van der Waals surface area (Å²) < 4.78 is 7.40. The van der Waals surface area contributed by atoms with Gasteiger partial charge in [0, 0.05) is 17.5 Å². The minimum Gasteiger partial charge on any atom is -0.411 e. The molecule has 0 saturated heterocycles. The molecule has 0 fully saturated rings. The maximum absolute atomic E-state index is 12.2. The van der Waals surface area contributed by atoms with Crippen LogP contribution in [0.25, 0.3) is 28.0 Å². The van der Waals surface area contributed by atoms with E-state index < -0.39 is 0 Å². The second-order valence-electron chi connectivity index (χ2n) is 6.20. The van der Waals surface area contributed by atoms with E-state index in [1.165, 1.54) is 11.8 Å². The molecule has 3 heterocycles. The van der Waals surface area contributed by atoms with Gasteiger partial charge in [-0.1, -0.05) is 48.2 Å². The van der Waals surface area contributed by atoms with Crippen molar-refractivity contribution in [3.63, 3.8) is 0 Å². The third kappa shape index (κ3) is 3.43. The van der Waals surface area contributed by atoms with Gasteiger partial charge >= 0.3 is 0 Å². The van der Waals surface area contributed by atoms with Crippen molar-refractivity contribution in [2.24, 2.45) is 0 Å². The number of thioether (sulfide) groups is 1. The first-order chi connectivity index (χ1) is 14.3. The van der Waals surface area contributed by atoms with Crippen LogP contribution in [0.1, 0.15) is 5.69 Å². The van der Waals surface area contributed by atoms with Gasteiger partial charge in [-0.3, -0.25) is 4.79 Å². The molecule has 5 aromatic rings. The van der Waals surface area contributed by atoms with Gasteiger partial charge in [-0.05, 0) is 24.3 Å². The molecule has 0 bridgehead atoms. The summed E-state index contributed by atoms with van der Waals surface area (Å²) in [5.41, 5.74) is 2.43. The molecule has 0 unspecified atom stereocenters. The zero-order chi connectivity index (χ0) is 19.6. The Morgan fingerprint density at radius 2 is 1.76 bits per heavy atom. The van der Waals surface area contributed by atoms with Crippen molar-refractivity contribution < 1.29 is 4.42 Å². The van der Waals surface area contributed by atoms with E-state index in [9.17, 15) is 4.79 Å². The van der Waals surface area contributed by atoms with Crippen molar-refractivity contribution >= 4 is 22.7 Å². The normalized spacial score (nSPS) is 11.2. The van der Waals surface area contributed by atoms with Crippen LogP contribution < -0.4 is 5.56 Å². The van der Waals surface area contributed by atoms with Crippen molar-refractivity contribution in [3.05, 3.63) is 82.9 Å². The van der Waals surface area contributed by atoms with Crippen LogP contribution in [0.2, 0.25) is 0 Å². The number of benzene rings is 2. The minimum atomic E-state index is -0.326. The SMILES string of the molecule is O=c1[nH]nc(CSc2nnc(-c3ccccc3)o2)c2cn(-c3ccccc3)nc12. The fourth-order valence-electron chi connectivity index (χ4n) is 2.90. The molecule has 9 heteroatoms. The van der Waals surface area contributed by atoms with Crippen molar-refractivity contribution in [2.75, 3.05) is 0 Å². The van der Waals surface area contributed by atoms with Crippen molar-refractivity contribution in [1.29, 1.82) is 0 Å². The highest BCUT2D eigenvalue weighted by molar-refractivity contribution is 7.98. The third-order valence-corrected chi connectivity index (χ3v) is 5.14. The summed E-state index contributed by atoms with van der Waals surface area (Å²) >= 11 is 1.35. The number of aromatic amines is 1. The first kappa shape index (κ1) is 17.4. The Morgan fingerprint density at radius 1 is 1.00 bits per heavy atom. The predicted molar refractivity (Wildman–Crippen MR) is 109 cm³/mol. The van der Waals surface area contributed by atoms with Crippen LogP contribution in [0.4, 0.5) is 0 Å². The van der Waals surface area contributed by atoms with Gasteiger partial charge in [0.15, 0.2) is 5.52 Å². The second-order valence-corrected chi connectivity index (χ2v) is 7.13. The fraction of sp³-hybridized carbons (Fsp3) is 0.0500. The van der Waals surface area contributed by atoms with Crippen LogP contribution in [-0.4, -0.2) is 30.2 Å². The molecule has 8 nitrogen and oxygen atoms in total. The van der Waals surface area contributed by atoms with E-state index in [-0.39, 0.29) is 5.56 Å². The highest BCUT2D eigenvalue weighted by Crippen LogP contribution is 2.27. The zero-order valence-electron chi connectivity index (χ0n) is 15.0. The summed E-state index contributed by atoms with van der Waals surface area (Å²) in [4.78, 5) is 12.2. The minimum absolute atomic E-state index is 0.326. The summed E-state index contributed by atoms with van der Waals surface area (Å²) in [5.74, 6) is 0.911. The first-order valence-electron chi connectivity index (χ1n) is 8.82. The van der Waals surface area contributed by atoms with E-state index in [0.29, 0.717) is 33.5 Å². The van der Waals surface area contributed by atoms with E-state index in [2.05, 4.69) is 25.5 Å². The zero-order valence-corrected chi connectivity index (χ0v) is 15.8. The number of fused-ring (bicyclic) bond motifs is 1. The van der Waals surface area contributed by atoms with Crippen molar-refractivity contribution in [3.8, 4) is 17.1 Å². The number of aromatic nitrogens is 6. The Kier molecular flexibility index (Phi) is 4.41. The molecule has 0 amide bonds. The van der Waals surface area contributed by atoms with Gasteiger partial charge in [-0.25, -0.2) is 9.78 Å². The molecule has 3 aromatic heterocycles. The Morgan fingerprint density at radius 3 is 2.55 bits per heavy atom. The molecule has 0 saturated carbocycles. The molecular weight excluding hydrogens is 388 g/mol. The van der Waals surface area contributed by atoms with Crippen LogP contribution in [0.15, 0.2) is 81.3 Å². The number of nitrogens with zero attached hydrogens (tertiary/aromatic N) is 5. The van der Waals surface area contributed by atoms with Crippen molar-refractivity contribution in [1.82, 2.24) is 30.2 Å². The third-order valence-electron chi connectivity index (χ3n) is 4.31. The molecular formula is C20H14N6O2S. The van der Waals surface area contributed by atoms with E-state index in [0.717, 1.165) is 11.3 Å². The average Bonchev–Trinajstić information content (AvgIpc) is 3.43. The standard InChI is InChI=1S/C20H14N6O2S/c27-18-17-15(11-26(25-17)14-9-5-2-6-10-14)16(21-22-18)12-29-20-24-23-19(28-20)13-7-3-1-4-8-13/h1-11H,12H2,(H,22,27). The lowest BCUT2D eigenvalue weighted by atomic mass is 10.2. The lowest BCUT2D eigenvalue weighted by Gasteiger charge is -1.99. The maximum atomic E-state index is 12.2.